The fraction of sp³-hybridized carbons (Fsp3) is 0.273. The summed E-state index contributed by atoms with van der Waals surface area (Å²) >= 11 is 0. The van der Waals surface area contributed by atoms with Gasteiger partial charge in [-0.2, -0.15) is 18.3 Å². The Labute approximate surface area is 111 Å². The van der Waals surface area contributed by atoms with E-state index in [1.807, 2.05) is 0 Å². The van der Waals surface area contributed by atoms with Gasteiger partial charge in [-0.15, -0.1) is 0 Å². The molecule has 0 aromatic carbocycles. The highest BCUT2D eigenvalue weighted by Gasteiger charge is 2.31. The Morgan fingerprint density at radius 3 is 2.80 bits per heavy atom. The van der Waals surface area contributed by atoms with Crippen LogP contribution in [0.15, 0.2) is 31.0 Å². The SMILES string of the molecule is C[C@@H](C(=O)Nc1cc(C(F)(F)F)ccn1)n1cncn1. The van der Waals surface area contributed by atoms with Crippen LogP contribution in [0.25, 0.3) is 0 Å². The Balaban J connectivity index is 2.12. The molecule has 0 fully saturated rings. The molecule has 9 heteroatoms. The van der Waals surface area contributed by atoms with Gasteiger partial charge in [0.15, 0.2) is 0 Å². The monoisotopic (exact) mass is 285 g/mol. The van der Waals surface area contributed by atoms with Crippen LogP contribution in [0, 0.1) is 0 Å². The van der Waals surface area contributed by atoms with Crippen LogP contribution in [-0.4, -0.2) is 25.7 Å². The fourth-order valence-corrected chi connectivity index (χ4v) is 1.44. The van der Waals surface area contributed by atoms with E-state index < -0.39 is 23.7 Å². The molecule has 1 N–H and O–H groups in total. The number of carbonyl (C=O) groups excluding carboxylic acids is 1. The number of pyridine rings is 1. The third-order valence-corrected chi connectivity index (χ3v) is 2.55. The Hall–Kier alpha value is -2.45. The number of aromatic nitrogens is 4. The first-order chi connectivity index (χ1) is 9.38. The topological polar surface area (TPSA) is 72.7 Å². The van der Waals surface area contributed by atoms with Gasteiger partial charge in [-0.05, 0) is 19.1 Å². The first-order valence-electron chi connectivity index (χ1n) is 5.56. The lowest BCUT2D eigenvalue weighted by Crippen LogP contribution is -2.24. The van der Waals surface area contributed by atoms with Crippen molar-refractivity contribution >= 4 is 11.7 Å². The van der Waals surface area contributed by atoms with Gasteiger partial charge in [0.05, 0.1) is 5.56 Å². The number of amides is 1. The van der Waals surface area contributed by atoms with E-state index in [9.17, 15) is 18.0 Å². The van der Waals surface area contributed by atoms with Gasteiger partial charge in [-0.25, -0.2) is 14.6 Å². The van der Waals surface area contributed by atoms with Crippen LogP contribution >= 0.6 is 0 Å². The third-order valence-electron chi connectivity index (χ3n) is 2.55. The van der Waals surface area contributed by atoms with Crippen molar-refractivity contribution in [2.24, 2.45) is 0 Å². The summed E-state index contributed by atoms with van der Waals surface area (Å²) in [5.41, 5.74) is -0.879. The molecule has 6 nitrogen and oxygen atoms in total. The van der Waals surface area contributed by atoms with Crippen molar-refractivity contribution in [1.82, 2.24) is 19.7 Å². The first kappa shape index (κ1) is 14.0. The van der Waals surface area contributed by atoms with Crippen LogP contribution in [0.5, 0.6) is 0 Å². The summed E-state index contributed by atoms with van der Waals surface area (Å²) in [6.07, 6.45) is -0.908. The minimum Gasteiger partial charge on any atom is -0.309 e. The number of hydrogen-bond donors (Lipinski definition) is 1. The van der Waals surface area contributed by atoms with Gasteiger partial charge in [0.25, 0.3) is 0 Å². The molecule has 2 heterocycles. The number of anilines is 1. The predicted octanol–water partition coefficient (Wildman–Crippen LogP) is 1.89. The number of nitrogens with zero attached hydrogens (tertiary/aromatic N) is 4. The van der Waals surface area contributed by atoms with Crippen molar-refractivity contribution in [1.29, 1.82) is 0 Å². The van der Waals surface area contributed by atoms with E-state index >= 15 is 0 Å². The average Bonchev–Trinajstić information content (AvgIpc) is 2.91. The summed E-state index contributed by atoms with van der Waals surface area (Å²) in [6.45, 7) is 1.54. The van der Waals surface area contributed by atoms with Crippen LogP contribution < -0.4 is 5.32 Å². The van der Waals surface area contributed by atoms with E-state index in [1.165, 1.54) is 24.3 Å². The molecule has 0 aliphatic rings. The smallest absolute Gasteiger partial charge is 0.309 e. The Morgan fingerprint density at radius 2 is 2.20 bits per heavy atom. The van der Waals surface area contributed by atoms with Gasteiger partial charge in [-0.1, -0.05) is 0 Å². The molecular formula is C11H10F3N5O. The Morgan fingerprint density at radius 1 is 1.45 bits per heavy atom. The Bertz CT molecular complexity index is 596. The van der Waals surface area contributed by atoms with E-state index in [4.69, 9.17) is 0 Å². The highest BCUT2D eigenvalue weighted by atomic mass is 19.4. The quantitative estimate of drug-likeness (QED) is 0.934. The maximum Gasteiger partial charge on any atom is 0.416 e. The molecular weight excluding hydrogens is 275 g/mol. The van der Waals surface area contributed by atoms with Gasteiger partial charge in [0.2, 0.25) is 5.91 Å². The van der Waals surface area contributed by atoms with Crippen molar-refractivity contribution in [2.75, 3.05) is 5.32 Å². The number of alkyl halides is 3. The summed E-state index contributed by atoms with van der Waals surface area (Å²) in [6, 6.07) is 0.886. The van der Waals surface area contributed by atoms with Crippen molar-refractivity contribution in [3.05, 3.63) is 36.5 Å². The van der Waals surface area contributed by atoms with Crippen LogP contribution in [0.1, 0.15) is 18.5 Å². The maximum absolute atomic E-state index is 12.5. The second-order valence-electron chi connectivity index (χ2n) is 3.97. The van der Waals surface area contributed by atoms with Crippen molar-refractivity contribution in [2.45, 2.75) is 19.1 Å². The summed E-state index contributed by atoms with van der Waals surface area (Å²) in [7, 11) is 0. The summed E-state index contributed by atoms with van der Waals surface area (Å²) in [4.78, 5) is 19.2. The molecule has 2 aromatic heterocycles. The lowest BCUT2D eigenvalue weighted by atomic mass is 10.2. The lowest BCUT2D eigenvalue weighted by molar-refractivity contribution is -0.137. The summed E-state index contributed by atoms with van der Waals surface area (Å²) in [5.74, 6) is -0.709. The van der Waals surface area contributed by atoms with Gasteiger partial charge in [-0.3, -0.25) is 4.79 Å². The van der Waals surface area contributed by atoms with Crippen LogP contribution in [-0.2, 0) is 11.0 Å². The second kappa shape index (κ2) is 5.27. The molecule has 0 saturated heterocycles. The normalized spacial score (nSPS) is 13.0. The van der Waals surface area contributed by atoms with Gasteiger partial charge in [0.1, 0.15) is 24.5 Å². The van der Waals surface area contributed by atoms with Crippen molar-refractivity contribution in [3.63, 3.8) is 0 Å². The van der Waals surface area contributed by atoms with E-state index in [2.05, 4.69) is 20.4 Å². The number of hydrogen-bond acceptors (Lipinski definition) is 4. The molecule has 106 valence electrons. The molecule has 1 amide bonds. The molecule has 0 unspecified atom stereocenters. The minimum atomic E-state index is -4.49. The van der Waals surface area contributed by atoms with E-state index in [-0.39, 0.29) is 5.82 Å². The zero-order chi connectivity index (χ0) is 14.8. The second-order valence-corrected chi connectivity index (χ2v) is 3.97. The van der Waals surface area contributed by atoms with Gasteiger partial charge >= 0.3 is 6.18 Å². The molecule has 0 radical (unpaired) electrons. The number of carbonyl (C=O) groups is 1. The van der Waals surface area contributed by atoms with Crippen molar-refractivity contribution in [3.8, 4) is 0 Å². The fourth-order valence-electron chi connectivity index (χ4n) is 1.44. The molecule has 1 atom stereocenters. The molecule has 20 heavy (non-hydrogen) atoms. The van der Waals surface area contributed by atoms with Crippen LogP contribution in [0.3, 0.4) is 0 Å². The largest absolute Gasteiger partial charge is 0.416 e. The number of rotatable bonds is 3. The third kappa shape index (κ3) is 3.11. The van der Waals surface area contributed by atoms with E-state index in [0.29, 0.717) is 0 Å². The van der Waals surface area contributed by atoms with Crippen LogP contribution in [0.2, 0.25) is 0 Å². The predicted molar refractivity (Wildman–Crippen MR) is 62.6 cm³/mol. The number of nitrogens with one attached hydrogen (secondary N) is 1. The minimum absolute atomic E-state index is 0.170. The Kier molecular flexibility index (Phi) is 3.68. The van der Waals surface area contributed by atoms with E-state index in [0.717, 1.165) is 18.3 Å². The maximum atomic E-state index is 12.5. The molecule has 0 bridgehead atoms. The molecule has 0 aliphatic carbocycles. The number of halogens is 3. The first-order valence-corrected chi connectivity index (χ1v) is 5.56. The van der Waals surface area contributed by atoms with Crippen LogP contribution in [0.4, 0.5) is 19.0 Å². The van der Waals surface area contributed by atoms with Gasteiger partial charge in [0, 0.05) is 6.20 Å². The average molecular weight is 285 g/mol. The van der Waals surface area contributed by atoms with Crippen molar-refractivity contribution < 1.29 is 18.0 Å². The summed E-state index contributed by atoms with van der Waals surface area (Å²) < 4.78 is 38.9. The molecule has 0 aliphatic heterocycles. The zero-order valence-corrected chi connectivity index (χ0v) is 10.3. The zero-order valence-electron chi connectivity index (χ0n) is 10.3. The van der Waals surface area contributed by atoms with E-state index in [1.54, 1.807) is 0 Å². The lowest BCUT2D eigenvalue weighted by Gasteiger charge is -2.12. The highest BCUT2D eigenvalue weighted by molar-refractivity contribution is 5.92. The highest BCUT2D eigenvalue weighted by Crippen LogP contribution is 2.29. The summed E-state index contributed by atoms with van der Waals surface area (Å²) in [5, 5.41) is 6.08. The molecule has 2 rings (SSSR count). The molecule has 2 aromatic rings. The molecule has 0 spiro atoms. The molecule has 0 saturated carbocycles. The standard InChI is InChI=1S/C11H10F3N5O/c1-7(19-6-15-5-17-19)10(20)18-9-4-8(2-3-16-9)11(12,13)14/h2-7H,1H3,(H,16,18,20)/t7-/m0/s1. The van der Waals surface area contributed by atoms with Gasteiger partial charge < -0.3 is 5.32 Å².